The fourth-order valence-electron chi connectivity index (χ4n) is 1.54. The Labute approximate surface area is 111 Å². The van der Waals surface area contributed by atoms with Crippen molar-refractivity contribution in [2.45, 2.75) is 31.2 Å². The summed E-state index contributed by atoms with van der Waals surface area (Å²) in [5.74, 6) is 2.17. The first-order valence-electron chi connectivity index (χ1n) is 6.07. The maximum Gasteiger partial charge on any atom is 0.243 e. The molecule has 0 aliphatic carbocycles. The van der Waals surface area contributed by atoms with Crippen LogP contribution in [0, 0.1) is 0 Å². The molecule has 0 amide bonds. The molecule has 0 unspecified atom stereocenters. The molecule has 0 spiro atoms. The van der Waals surface area contributed by atoms with E-state index in [9.17, 15) is 0 Å². The lowest BCUT2D eigenvalue weighted by Gasteiger charge is -2.00. The smallest absolute Gasteiger partial charge is 0.243 e. The van der Waals surface area contributed by atoms with Crippen LogP contribution in [0.25, 0.3) is 11.4 Å². The second-order valence-electron chi connectivity index (χ2n) is 3.93. The molecule has 0 saturated carbocycles. The number of aromatic nitrogens is 2. The third-order valence-electron chi connectivity index (χ3n) is 2.62. The fourth-order valence-corrected chi connectivity index (χ4v) is 2.21. The maximum atomic E-state index is 5.85. The summed E-state index contributed by atoms with van der Waals surface area (Å²) in [6, 6.07) is 7.97. The van der Waals surface area contributed by atoms with Gasteiger partial charge in [0.1, 0.15) is 0 Å². The van der Waals surface area contributed by atoms with Gasteiger partial charge in [0.25, 0.3) is 0 Å². The molecule has 0 fully saturated rings. The summed E-state index contributed by atoms with van der Waals surface area (Å²) < 4.78 is 5.16. The van der Waals surface area contributed by atoms with Crippen LogP contribution in [0.3, 0.4) is 0 Å². The van der Waals surface area contributed by atoms with Crippen LogP contribution in [0.1, 0.15) is 32.2 Å². The highest BCUT2D eigenvalue weighted by molar-refractivity contribution is 7.99. The van der Waals surface area contributed by atoms with E-state index in [0.29, 0.717) is 11.7 Å². The van der Waals surface area contributed by atoms with Gasteiger partial charge in [-0.1, -0.05) is 19.0 Å². The average Bonchev–Trinajstić information content (AvgIpc) is 2.89. The molecule has 2 N–H and O–H groups in total. The van der Waals surface area contributed by atoms with Gasteiger partial charge in [0.15, 0.2) is 0 Å². The van der Waals surface area contributed by atoms with Gasteiger partial charge in [0.2, 0.25) is 11.7 Å². The lowest BCUT2D eigenvalue weighted by atomic mass is 10.2. The Morgan fingerprint density at radius 2 is 2.00 bits per heavy atom. The first kappa shape index (κ1) is 13.1. The molecular weight excluding hydrogens is 246 g/mol. The second-order valence-corrected chi connectivity index (χ2v) is 5.27. The van der Waals surface area contributed by atoms with Crippen molar-refractivity contribution < 1.29 is 4.52 Å². The zero-order valence-corrected chi connectivity index (χ0v) is 11.4. The lowest BCUT2D eigenvalue weighted by Crippen LogP contribution is -2.08. The number of thioether (sulfide) groups is 1. The van der Waals surface area contributed by atoms with E-state index >= 15 is 0 Å². The molecule has 0 radical (unpaired) electrons. The average molecular weight is 263 g/mol. The highest BCUT2D eigenvalue weighted by Gasteiger charge is 2.13. The highest BCUT2D eigenvalue weighted by Crippen LogP contribution is 2.23. The molecule has 4 nitrogen and oxygen atoms in total. The fraction of sp³-hybridized carbons (Fsp3) is 0.385. The number of nitrogens with zero attached hydrogens (tertiary/aromatic N) is 2. The van der Waals surface area contributed by atoms with Gasteiger partial charge in [0, 0.05) is 10.5 Å². The summed E-state index contributed by atoms with van der Waals surface area (Å²) in [7, 11) is 0. The molecule has 0 aliphatic heterocycles. The van der Waals surface area contributed by atoms with Crippen molar-refractivity contribution in [2.75, 3.05) is 5.75 Å². The summed E-state index contributed by atoms with van der Waals surface area (Å²) in [4.78, 5) is 5.56. The molecule has 1 aromatic carbocycles. The van der Waals surface area contributed by atoms with E-state index < -0.39 is 0 Å². The molecule has 0 bridgehead atoms. The van der Waals surface area contributed by atoms with Crippen LogP contribution < -0.4 is 5.73 Å². The Kier molecular flexibility index (Phi) is 4.38. The maximum absolute atomic E-state index is 5.85. The van der Waals surface area contributed by atoms with E-state index in [1.54, 1.807) is 0 Å². The van der Waals surface area contributed by atoms with Crippen LogP contribution in [-0.2, 0) is 0 Å². The van der Waals surface area contributed by atoms with E-state index in [2.05, 4.69) is 29.2 Å². The van der Waals surface area contributed by atoms with Crippen molar-refractivity contribution in [3.8, 4) is 11.4 Å². The summed E-state index contributed by atoms with van der Waals surface area (Å²) in [5, 5.41) is 3.96. The van der Waals surface area contributed by atoms with Crippen LogP contribution in [0.15, 0.2) is 33.7 Å². The Bertz CT molecular complexity index is 495. The zero-order valence-electron chi connectivity index (χ0n) is 10.6. The van der Waals surface area contributed by atoms with E-state index in [4.69, 9.17) is 10.3 Å². The van der Waals surface area contributed by atoms with E-state index in [1.165, 1.54) is 4.90 Å². The predicted molar refractivity (Wildman–Crippen MR) is 73.4 cm³/mol. The number of nitrogens with two attached hydrogens (primary N) is 1. The predicted octanol–water partition coefficient (Wildman–Crippen LogP) is 3.26. The molecule has 2 rings (SSSR count). The van der Waals surface area contributed by atoms with Gasteiger partial charge < -0.3 is 10.3 Å². The van der Waals surface area contributed by atoms with Crippen molar-refractivity contribution >= 4 is 11.8 Å². The first-order chi connectivity index (χ1) is 8.74. The standard InChI is InChI=1S/C13H17N3OS/c1-3-11(14)13-15-12(16-17-13)9-5-7-10(8-6-9)18-4-2/h5-8,11H,3-4,14H2,1-2H3/t11-/m0/s1. The summed E-state index contributed by atoms with van der Waals surface area (Å²) in [6.07, 6.45) is 0.785. The number of benzene rings is 1. The summed E-state index contributed by atoms with van der Waals surface area (Å²) in [5.41, 5.74) is 6.80. The highest BCUT2D eigenvalue weighted by atomic mass is 32.2. The van der Waals surface area contributed by atoms with E-state index in [1.807, 2.05) is 30.8 Å². The van der Waals surface area contributed by atoms with E-state index in [-0.39, 0.29) is 6.04 Å². The van der Waals surface area contributed by atoms with Crippen molar-refractivity contribution in [3.05, 3.63) is 30.2 Å². The van der Waals surface area contributed by atoms with Gasteiger partial charge in [-0.2, -0.15) is 4.98 Å². The minimum Gasteiger partial charge on any atom is -0.337 e. The third-order valence-corrected chi connectivity index (χ3v) is 3.52. The Hall–Kier alpha value is -1.33. The van der Waals surface area contributed by atoms with Crippen LogP contribution in [0.2, 0.25) is 0 Å². The van der Waals surface area contributed by atoms with Crippen LogP contribution in [0.4, 0.5) is 0 Å². The van der Waals surface area contributed by atoms with E-state index in [0.717, 1.165) is 17.7 Å². The second kappa shape index (κ2) is 6.02. The van der Waals surface area contributed by atoms with Crippen molar-refractivity contribution in [3.63, 3.8) is 0 Å². The minimum atomic E-state index is -0.179. The van der Waals surface area contributed by atoms with Crippen LogP contribution in [0.5, 0.6) is 0 Å². The monoisotopic (exact) mass is 263 g/mol. The third kappa shape index (κ3) is 2.91. The lowest BCUT2D eigenvalue weighted by molar-refractivity contribution is 0.352. The quantitative estimate of drug-likeness (QED) is 0.839. The number of hydrogen-bond donors (Lipinski definition) is 1. The van der Waals surface area contributed by atoms with Gasteiger partial charge in [-0.05, 0) is 36.4 Å². The Morgan fingerprint density at radius 3 is 2.61 bits per heavy atom. The van der Waals surface area contributed by atoms with Gasteiger partial charge in [0.05, 0.1) is 6.04 Å². The molecule has 1 heterocycles. The number of hydrogen-bond acceptors (Lipinski definition) is 5. The van der Waals surface area contributed by atoms with Crippen molar-refractivity contribution in [1.82, 2.24) is 10.1 Å². The van der Waals surface area contributed by atoms with Crippen LogP contribution in [-0.4, -0.2) is 15.9 Å². The van der Waals surface area contributed by atoms with Gasteiger partial charge >= 0.3 is 0 Å². The molecule has 0 aliphatic rings. The molecule has 2 aromatic rings. The molecule has 5 heteroatoms. The molecule has 1 aromatic heterocycles. The van der Waals surface area contributed by atoms with Crippen LogP contribution >= 0.6 is 11.8 Å². The Balaban J connectivity index is 2.18. The topological polar surface area (TPSA) is 64.9 Å². The Morgan fingerprint density at radius 1 is 1.28 bits per heavy atom. The van der Waals surface area contributed by atoms with Gasteiger partial charge in [-0.25, -0.2) is 0 Å². The zero-order chi connectivity index (χ0) is 13.0. The van der Waals surface area contributed by atoms with Gasteiger partial charge in [-0.3, -0.25) is 0 Å². The number of rotatable bonds is 5. The molecule has 18 heavy (non-hydrogen) atoms. The van der Waals surface area contributed by atoms with Gasteiger partial charge in [-0.15, -0.1) is 11.8 Å². The largest absolute Gasteiger partial charge is 0.337 e. The van der Waals surface area contributed by atoms with Crippen molar-refractivity contribution in [1.29, 1.82) is 0 Å². The molecule has 1 atom stereocenters. The SMILES string of the molecule is CCSc1ccc(-c2noc([C@@H](N)CC)n2)cc1. The minimum absolute atomic E-state index is 0.179. The first-order valence-corrected chi connectivity index (χ1v) is 7.05. The molecular formula is C13H17N3OS. The summed E-state index contributed by atoms with van der Waals surface area (Å²) in [6.45, 7) is 4.13. The van der Waals surface area contributed by atoms with Crippen molar-refractivity contribution in [2.24, 2.45) is 5.73 Å². The molecule has 96 valence electrons. The summed E-state index contributed by atoms with van der Waals surface area (Å²) >= 11 is 1.81. The normalized spacial score (nSPS) is 12.6. The molecule has 0 saturated heterocycles.